The van der Waals surface area contributed by atoms with Crippen LogP contribution < -0.4 is 10.6 Å². The number of hydrogen-bond acceptors (Lipinski definition) is 4. The fourth-order valence-corrected chi connectivity index (χ4v) is 5.72. The SMILES string of the molecule is CC1=C(C(=O)Nc2ccc(F)cc2)[C@H](c2ccc(C)cc2)C2=C(C[C@@H](c3cccs3)CC2=O)N1. The molecule has 2 atom stereocenters. The van der Waals surface area contributed by atoms with E-state index in [9.17, 15) is 14.0 Å². The fourth-order valence-electron chi connectivity index (χ4n) is 4.89. The number of rotatable bonds is 4. The number of anilines is 1. The second-order valence-electron chi connectivity index (χ2n) is 8.90. The smallest absolute Gasteiger partial charge is 0.254 e. The molecule has 1 aliphatic carbocycles. The van der Waals surface area contributed by atoms with Crippen molar-refractivity contribution in [2.24, 2.45) is 0 Å². The Morgan fingerprint density at radius 2 is 1.76 bits per heavy atom. The lowest BCUT2D eigenvalue weighted by Crippen LogP contribution is -2.37. The molecule has 2 aromatic carbocycles. The lowest BCUT2D eigenvalue weighted by Gasteiger charge is -2.36. The number of dihydropyridines is 1. The van der Waals surface area contributed by atoms with Crippen LogP contribution in [-0.2, 0) is 9.59 Å². The molecule has 0 spiro atoms. The lowest BCUT2D eigenvalue weighted by molar-refractivity contribution is -0.116. The summed E-state index contributed by atoms with van der Waals surface area (Å²) in [6.45, 7) is 3.89. The summed E-state index contributed by atoms with van der Waals surface area (Å²) in [4.78, 5) is 28.3. The number of benzene rings is 2. The van der Waals surface area contributed by atoms with Crippen LogP contribution in [0.5, 0.6) is 0 Å². The molecule has 2 aliphatic rings. The molecule has 2 N–H and O–H groups in total. The van der Waals surface area contributed by atoms with Crippen LogP contribution in [0.15, 0.2) is 88.6 Å². The van der Waals surface area contributed by atoms with Gasteiger partial charge in [-0.3, -0.25) is 9.59 Å². The standard InChI is InChI=1S/C28H25FN2O2S/c1-16-5-7-18(8-6-16)26-25(28(33)31-21-11-9-20(29)10-12-21)17(2)30-22-14-19(15-23(32)27(22)26)24-4-3-13-34-24/h3-13,19,26,30H,14-15H2,1-2H3,(H,31,33)/t19-,26+/m1/s1. The second-order valence-corrected chi connectivity index (χ2v) is 9.88. The zero-order valence-corrected chi connectivity index (χ0v) is 19.8. The van der Waals surface area contributed by atoms with E-state index in [2.05, 4.69) is 16.7 Å². The van der Waals surface area contributed by atoms with Gasteiger partial charge in [0.05, 0.1) is 0 Å². The number of allylic oxidation sites excluding steroid dienone is 3. The highest BCUT2D eigenvalue weighted by Crippen LogP contribution is 2.46. The van der Waals surface area contributed by atoms with Crippen LogP contribution in [-0.4, -0.2) is 11.7 Å². The maximum Gasteiger partial charge on any atom is 0.254 e. The fraction of sp³-hybridized carbons (Fsp3) is 0.214. The van der Waals surface area contributed by atoms with Crippen LogP contribution in [0.2, 0.25) is 0 Å². The van der Waals surface area contributed by atoms with E-state index in [-0.39, 0.29) is 23.4 Å². The Morgan fingerprint density at radius 1 is 1.03 bits per heavy atom. The van der Waals surface area contributed by atoms with E-state index in [4.69, 9.17) is 0 Å². The summed E-state index contributed by atoms with van der Waals surface area (Å²) in [5, 5.41) is 8.32. The second kappa shape index (κ2) is 9.03. The molecule has 34 heavy (non-hydrogen) atoms. The molecule has 2 heterocycles. The summed E-state index contributed by atoms with van der Waals surface area (Å²) in [5.41, 5.74) is 5.33. The van der Waals surface area contributed by atoms with E-state index >= 15 is 0 Å². The largest absolute Gasteiger partial charge is 0.362 e. The topological polar surface area (TPSA) is 58.2 Å². The van der Waals surface area contributed by atoms with Crippen LogP contribution in [0.1, 0.15) is 47.6 Å². The highest BCUT2D eigenvalue weighted by atomic mass is 32.1. The monoisotopic (exact) mass is 472 g/mol. The quantitative estimate of drug-likeness (QED) is 0.476. The van der Waals surface area contributed by atoms with Crippen LogP contribution in [0, 0.1) is 12.7 Å². The van der Waals surface area contributed by atoms with Crippen molar-refractivity contribution >= 4 is 28.7 Å². The zero-order valence-electron chi connectivity index (χ0n) is 19.0. The van der Waals surface area contributed by atoms with Crippen LogP contribution in [0.3, 0.4) is 0 Å². The summed E-state index contributed by atoms with van der Waals surface area (Å²) in [7, 11) is 0. The van der Waals surface area contributed by atoms with Gasteiger partial charge in [0.25, 0.3) is 5.91 Å². The van der Waals surface area contributed by atoms with Crippen molar-refractivity contribution in [1.82, 2.24) is 5.32 Å². The third kappa shape index (κ3) is 4.21. The molecule has 0 saturated heterocycles. The summed E-state index contributed by atoms with van der Waals surface area (Å²) < 4.78 is 13.3. The summed E-state index contributed by atoms with van der Waals surface area (Å²) in [6, 6.07) is 17.8. The van der Waals surface area contributed by atoms with Crippen molar-refractivity contribution in [2.75, 3.05) is 5.32 Å². The van der Waals surface area contributed by atoms with E-state index in [1.54, 1.807) is 11.3 Å². The van der Waals surface area contributed by atoms with Gasteiger partial charge in [-0.25, -0.2) is 4.39 Å². The minimum atomic E-state index is -0.464. The first-order valence-electron chi connectivity index (χ1n) is 11.3. The molecule has 1 amide bonds. The van der Waals surface area contributed by atoms with Gasteiger partial charge in [0.1, 0.15) is 5.82 Å². The lowest BCUT2D eigenvalue weighted by atomic mass is 9.72. The molecule has 5 rings (SSSR count). The molecule has 3 aromatic rings. The molecule has 172 valence electrons. The Balaban J connectivity index is 1.55. The molecule has 0 fully saturated rings. The van der Waals surface area contributed by atoms with Crippen LogP contribution >= 0.6 is 11.3 Å². The summed E-state index contributed by atoms with van der Waals surface area (Å²) >= 11 is 1.67. The summed E-state index contributed by atoms with van der Waals surface area (Å²) in [6.07, 6.45) is 1.16. The number of carbonyl (C=O) groups excluding carboxylic acids is 2. The van der Waals surface area contributed by atoms with E-state index in [1.165, 1.54) is 29.1 Å². The van der Waals surface area contributed by atoms with Crippen LogP contribution in [0.25, 0.3) is 0 Å². The van der Waals surface area contributed by atoms with Gasteiger partial charge >= 0.3 is 0 Å². The zero-order chi connectivity index (χ0) is 23.8. The average molecular weight is 473 g/mol. The molecular weight excluding hydrogens is 447 g/mol. The predicted molar refractivity (Wildman–Crippen MR) is 133 cm³/mol. The molecule has 6 heteroatoms. The van der Waals surface area contributed by atoms with E-state index in [0.717, 1.165) is 28.9 Å². The van der Waals surface area contributed by atoms with Crippen LogP contribution in [0.4, 0.5) is 10.1 Å². The highest BCUT2D eigenvalue weighted by molar-refractivity contribution is 7.10. The van der Waals surface area contributed by atoms with Gasteiger partial charge in [0.2, 0.25) is 0 Å². The normalized spacial score (nSPS) is 20.1. The first kappa shape index (κ1) is 22.3. The minimum absolute atomic E-state index is 0.0670. The van der Waals surface area contributed by atoms with E-state index in [1.807, 2.05) is 49.6 Å². The minimum Gasteiger partial charge on any atom is -0.362 e. The Hall–Kier alpha value is -3.51. The molecule has 1 aromatic heterocycles. The highest BCUT2D eigenvalue weighted by Gasteiger charge is 2.41. The van der Waals surface area contributed by atoms with Crippen molar-refractivity contribution in [3.05, 3.63) is 110 Å². The number of hydrogen-bond donors (Lipinski definition) is 2. The number of aryl methyl sites for hydroxylation is 1. The number of halogens is 1. The van der Waals surface area contributed by atoms with Gasteiger partial charge in [-0.2, -0.15) is 0 Å². The number of amides is 1. The molecular formula is C28H25FN2O2S. The van der Waals surface area contributed by atoms with Gasteiger partial charge in [0, 0.05) is 51.4 Å². The number of thiophene rings is 1. The van der Waals surface area contributed by atoms with Gasteiger partial charge in [-0.15, -0.1) is 11.3 Å². The molecule has 0 unspecified atom stereocenters. The Kier molecular flexibility index (Phi) is 5.92. The van der Waals surface area contributed by atoms with Crippen molar-refractivity contribution < 1.29 is 14.0 Å². The van der Waals surface area contributed by atoms with E-state index < -0.39 is 5.92 Å². The van der Waals surface area contributed by atoms with E-state index in [0.29, 0.717) is 23.3 Å². The predicted octanol–water partition coefficient (Wildman–Crippen LogP) is 6.20. The first-order chi connectivity index (χ1) is 16.4. The van der Waals surface area contributed by atoms with Crippen molar-refractivity contribution in [1.29, 1.82) is 0 Å². The molecule has 0 saturated carbocycles. The first-order valence-corrected chi connectivity index (χ1v) is 12.2. The Morgan fingerprint density at radius 3 is 2.44 bits per heavy atom. The van der Waals surface area contributed by atoms with Gasteiger partial charge in [-0.05, 0) is 61.5 Å². The number of Topliss-reactive ketones (excluding diaryl/α,β-unsaturated/α-hetero) is 1. The molecule has 0 bridgehead atoms. The maximum absolute atomic E-state index is 13.6. The maximum atomic E-state index is 13.6. The van der Waals surface area contributed by atoms with Gasteiger partial charge in [0.15, 0.2) is 5.78 Å². The molecule has 4 nitrogen and oxygen atoms in total. The van der Waals surface area contributed by atoms with Crippen molar-refractivity contribution in [3.63, 3.8) is 0 Å². The van der Waals surface area contributed by atoms with Gasteiger partial charge < -0.3 is 10.6 Å². The summed E-state index contributed by atoms with van der Waals surface area (Å²) in [5.74, 6) is -0.929. The third-order valence-corrected chi connectivity index (χ3v) is 7.57. The number of carbonyl (C=O) groups is 2. The number of ketones is 1. The number of nitrogens with one attached hydrogen (secondary N) is 2. The molecule has 0 radical (unpaired) electrons. The van der Waals surface area contributed by atoms with Crippen molar-refractivity contribution in [3.8, 4) is 0 Å². The van der Waals surface area contributed by atoms with Gasteiger partial charge in [-0.1, -0.05) is 35.9 Å². The Bertz CT molecular complexity index is 1310. The molecule has 1 aliphatic heterocycles. The van der Waals surface area contributed by atoms with Crippen molar-refractivity contribution in [2.45, 2.75) is 38.5 Å². The Labute approximate surface area is 202 Å². The third-order valence-electron chi connectivity index (χ3n) is 6.53. The average Bonchev–Trinajstić information content (AvgIpc) is 3.35.